The monoisotopic (exact) mass is 398 g/mol. The maximum Gasteiger partial charge on any atom is 0.422 e. The number of pyridine rings is 1. The molecule has 1 amide bonds. The highest BCUT2D eigenvalue weighted by Gasteiger charge is 2.30. The lowest BCUT2D eigenvalue weighted by molar-refractivity contribution is -0.154. The number of carbonyl (C=O) groups is 1. The molecule has 0 radical (unpaired) electrons. The van der Waals surface area contributed by atoms with Crippen LogP contribution < -0.4 is 10.1 Å². The van der Waals surface area contributed by atoms with Gasteiger partial charge in [-0.05, 0) is 38.5 Å². The van der Waals surface area contributed by atoms with Gasteiger partial charge in [-0.1, -0.05) is 13.8 Å². The van der Waals surface area contributed by atoms with Gasteiger partial charge in [-0.2, -0.15) is 13.2 Å². The van der Waals surface area contributed by atoms with Gasteiger partial charge in [0.05, 0.1) is 6.04 Å². The van der Waals surface area contributed by atoms with Crippen molar-refractivity contribution in [1.82, 2.24) is 15.2 Å². The van der Waals surface area contributed by atoms with Crippen LogP contribution in [0, 0.1) is 12.8 Å². The van der Waals surface area contributed by atoms with Crippen LogP contribution in [0.15, 0.2) is 29.0 Å². The Kier molecular flexibility index (Phi) is 6.69. The van der Waals surface area contributed by atoms with Crippen LogP contribution in [0.3, 0.4) is 0 Å². The number of hydrogen-bond donors (Lipinski definition) is 1. The molecule has 2 unspecified atom stereocenters. The molecule has 28 heavy (non-hydrogen) atoms. The Bertz CT molecular complexity index is 775. The number of ether oxygens (including phenoxy) is 1. The van der Waals surface area contributed by atoms with Crippen molar-refractivity contribution in [3.8, 4) is 5.88 Å². The number of aliphatic imine (C=N–C) groups is 1. The number of halogens is 3. The van der Waals surface area contributed by atoms with Crippen LogP contribution in [0.4, 0.5) is 13.2 Å². The lowest BCUT2D eigenvalue weighted by Gasteiger charge is -2.39. The molecule has 154 valence electrons. The van der Waals surface area contributed by atoms with Crippen molar-refractivity contribution in [3.63, 3.8) is 0 Å². The van der Waals surface area contributed by atoms with E-state index in [1.54, 1.807) is 33.1 Å². The summed E-state index contributed by atoms with van der Waals surface area (Å²) in [6, 6.07) is 1.50. The molecule has 0 aliphatic carbocycles. The summed E-state index contributed by atoms with van der Waals surface area (Å²) in [6.07, 6.45) is -0.0421. The molecule has 0 saturated heterocycles. The fourth-order valence-corrected chi connectivity index (χ4v) is 2.78. The normalized spacial score (nSPS) is 18.1. The summed E-state index contributed by atoms with van der Waals surface area (Å²) >= 11 is 0. The van der Waals surface area contributed by atoms with Crippen molar-refractivity contribution >= 4 is 12.1 Å². The first kappa shape index (κ1) is 21.7. The summed E-state index contributed by atoms with van der Waals surface area (Å²) in [5.41, 5.74) is 2.16. The number of aryl methyl sites for hydroxylation is 1. The van der Waals surface area contributed by atoms with Gasteiger partial charge >= 0.3 is 6.18 Å². The van der Waals surface area contributed by atoms with Gasteiger partial charge in [0, 0.05) is 29.6 Å². The summed E-state index contributed by atoms with van der Waals surface area (Å²) < 4.78 is 41.8. The van der Waals surface area contributed by atoms with Gasteiger partial charge in [0.2, 0.25) is 11.8 Å². The van der Waals surface area contributed by atoms with E-state index in [1.807, 2.05) is 24.8 Å². The summed E-state index contributed by atoms with van der Waals surface area (Å²) in [4.78, 5) is 22.4. The Morgan fingerprint density at radius 3 is 2.57 bits per heavy atom. The SMILES string of the molecule is CC1=CC=NC(NC(=O)C(C)C)N1C(C)c1cnc(OCC(F)(F)F)c(C)c1. The van der Waals surface area contributed by atoms with Gasteiger partial charge in [-0.15, -0.1) is 0 Å². The van der Waals surface area contributed by atoms with Gasteiger partial charge in [0.25, 0.3) is 0 Å². The molecule has 1 aliphatic rings. The van der Waals surface area contributed by atoms with Crippen LogP contribution in [0.2, 0.25) is 0 Å². The largest absolute Gasteiger partial charge is 0.468 e. The number of amides is 1. The van der Waals surface area contributed by atoms with E-state index in [0.29, 0.717) is 5.56 Å². The van der Waals surface area contributed by atoms with E-state index in [-0.39, 0.29) is 23.7 Å². The Hall–Kier alpha value is -2.58. The van der Waals surface area contributed by atoms with Gasteiger partial charge < -0.3 is 15.0 Å². The Labute approximate surface area is 162 Å². The van der Waals surface area contributed by atoms with Crippen molar-refractivity contribution in [1.29, 1.82) is 0 Å². The average molecular weight is 398 g/mol. The molecule has 2 heterocycles. The van der Waals surface area contributed by atoms with Gasteiger partial charge in [-0.25, -0.2) is 9.98 Å². The quantitative estimate of drug-likeness (QED) is 0.793. The van der Waals surface area contributed by atoms with Crippen LogP contribution >= 0.6 is 0 Å². The molecule has 1 aliphatic heterocycles. The fourth-order valence-electron chi connectivity index (χ4n) is 2.78. The van der Waals surface area contributed by atoms with Crippen molar-refractivity contribution in [2.24, 2.45) is 10.9 Å². The highest BCUT2D eigenvalue weighted by molar-refractivity contribution is 5.79. The number of nitrogens with one attached hydrogen (secondary N) is 1. The van der Waals surface area contributed by atoms with E-state index in [4.69, 9.17) is 4.74 Å². The predicted molar refractivity (Wildman–Crippen MR) is 99.8 cm³/mol. The molecule has 2 rings (SSSR count). The van der Waals surface area contributed by atoms with Crippen molar-refractivity contribution in [2.45, 2.75) is 53.1 Å². The molecule has 0 spiro atoms. The predicted octanol–water partition coefficient (Wildman–Crippen LogP) is 3.74. The van der Waals surface area contributed by atoms with Crippen LogP contribution in [0.1, 0.15) is 44.9 Å². The van der Waals surface area contributed by atoms with Crippen LogP contribution in [0.25, 0.3) is 0 Å². The standard InChI is InChI=1S/C19H25F3N4O2/c1-11(2)16(27)25-18-23-7-6-13(4)26(18)14(5)15-8-12(3)17(24-9-15)28-10-19(20,21)22/h6-9,11,14,18H,10H2,1-5H3,(H,25,27). The number of aromatic nitrogens is 1. The summed E-state index contributed by atoms with van der Waals surface area (Å²) in [5.74, 6) is -0.367. The maximum absolute atomic E-state index is 12.4. The molecule has 0 fully saturated rings. The highest BCUT2D eigenvalue weighted by atomic mass is 19.4. The molecule has 1 N–H and O–H groups in total. The summed E-state index contributed by atoms with van der Waals surface area (Å²) in [7, 11) is 0. The Morgan fingerprint density at radius 1 is 1.32 bits per heavy atom. The topological polar surface area (TPSA) is 66.8 Å². The Balaban J connectivity index is 2.21. The van der Waals surface area contributed by atoms with E-state index in [2.05, 4.69) is 15.3 Å². The third kappa shape index (κ3) is 5.46. The van der Waals surface area contributed by atoms with E-state index in [0.717, 1.165) is 11.3 Å². The molecule has 1 aromatic heterocycles. The number of hydrogen-bond acceptors (Lipinski definition) is 5. The number of alkyl halides is 3. The smallest absolute Gasteiger partial charge is 0.422 e. The lowest BCUT2D eigenvalue weighted by Crippen LogP contribution is -2.49. The van der Waals surface area contributed by atoms with Gasteiger partial charge in [0.15, 0.2) is 12.9 Å². The fraction of sp³-hybridized carbons (Fsp3) is 0.526. The molecule has 0 bridgehead atoms. The molecule has 1 aromatic rings. The lowest BCUT2D eigenvalue weighted by atomic mass is 10.1. The minimum atomic E-state index is -4.42. The third-order valence-corrected chi connectivity index (χ3v) is 4.33. The zero-order valence-corrected chi connectivity index (χ0v) is 16.5. The minimum absolute atomic E-state index is 0.0538. The second-order valence-electron chi connectivity index (χ2n) is 7.02. The van der Waals surface area contributed by atoms with Crippen LogP contribution in [0.5, 0.6) is 5.88 Å². The number of rotatable bonds is 6. The summed E-state index contributed by atoms with van der Waals surface area (Å²) in [6.45, 7) is 7.67. The zero-order valence-electron chi connectivity index (χ0n) is 16.5. The molecular weight excluding hydrogens is 373 g/mol. The molecular formula is C19H25F3N4O2. The van der Waals surface area contributed by atoms with E-state index in [9.17, 15) is 18.0 Å². The van der Waals surface area contributed by atoms with Crippen molar-refractivity contribution in [3.05, 3.63) is 35.2 Å². The van der Waals surface area contributed by atoms with Crippen LogP contribution in [-0.2, 0) is 4.79 Å². The molecule has 6 nitrogen and oxygen atoms in total. The first-order chi connectivity index (χ1) is 13.0. The maximum atomic E-state index is 12.4. The molecule has 0 saturated carbocycles. The zero-order chi connectivity index (χ0) is 21.1. The van der Waals surface area contributed by atoms with E-state index >= 15 is 0 Å². The molecule has 9 heteroatoms. The summed E-state index contributed by atoms with van der Waals surface area (Å²) in [5, 5.41) is 2.89. The molecule has 0 aromatic carbocycles. The minimum Gasteiger partial charge on any atom is -0.468 e. The highest BCUT2D eigenvalue weighted by Crippen LogP contribution is 2.30. The number of allylic oxidation sites excluding steroid dienone is 2. The first-order valence-corrected chi connectivity index (χ1v) is 8.94. The first-order valence-electron chi connectivity index (χ1n) is 8.94. The molecule has 2 atom stereocenters. The number of nitrogens with zero attached hydrogens (tertiary/aromatic N) is 3. The van der Waals surface area contributed by atoms with E-state index in [1.165, 1.54) is 6.20 Å². The van der Waals surface area contributed by atoms with Crippen LogP contribution in [-0.4, -0.2) is 41.1 Å². The second kappa shape index (κ2) is 8.62. The number of carbonyl (C=O) groups excluding carboxylic acids is 1. The van der Waals surface area contributed by atoms with Crippen molar-refractivity contribution < 1.29 is 22.7 Å². The second-order valence-corrected chi connectivity index (χ2v) is 7.02. The average Bonchev–Trinajstić information content (AvgIpc) is 2.59. The van der Waals surface area contributed by atoms with Gasteiger partial charge in [-0.3, -0.25) is 4.79 Å². The van der Waals surface area contributed by atoms with Crippen molar-refractivity contribution in [2.75, 3.05) is 6.61 Å². The van der Waals surface area contributed by atoms with Gasteiger partial charge in [0.1, 0.15) is 0 Å². The third-order valence-electron chi connectivity index (χ3n) is 4.33. The Morgan fingerprint density at radius 2 is 2.00 bits per heavy atom. The van der Waals surface area contributed by atoms with E-state index < -0.39 is 19.1 Å².